The van der Waals surface area contributed by atoms with Crippen LogP contribution in [0.25, 0.3) is 0 Å². The van der Waals surface area contributed by atoms with Crippen LogP contribution in [-0.4, -0.2) is 25.2 Å². The van der Waals surface area contributed by atoms with Crippen LogP contribution in [0.1, 0.15) is 12.5 Å². The predicted molar refractivity (Wildman–Crippen MR) is 86.4 cm³/mol. The van der Waals surface area contributed by atoms with E-state index in [9.17, 15) is 18.6 Å². The third-order valence-corrected chi connectivity index (χ3v) is 4.67. The zero-order valence-electron chi connectivity index (χ0n) is 12.3. The molecule has 0 radical (unpaired) electrons. The van der Waals surface area contributed by atoms with Crippen molar-refractivity contribution in [3.05, 3.63) is 47.0 Å². The number of benzene rings is 2. The van der Waals surface area contributed by atoms with Crippen LogP contribution in [0.5, 0.6) is 17.2 Å². The predicted octanol–water partition coefficient (Wildman–Crippen LogP) is 2.63. The Morgan fingerprint density at radius 1 is 1.13 bits per heavy atom. The molecule has 0 aliphatic carbocycles. The number of sulfonamides is 1. The number of nitrogens with one attached hydrogen (secondary N) is 1. The van der Waals surface area contributed by atoms with Gasteiger partial charge in [0.05, 0.1) is 6.61 Å². The fourth-order valence-corrected chi connectivity index (χ4v) is 3.27. The summed E-state index contributed by atoms with van der Waals surface area (Å²) < 4.78 is 32.1. The smallest absolute Gasteiger partial charge is 0.244 e. The lowest BCUT2D eigenvalue weighted by molar-refractivity contribution is 0.317. The van der Waals surface area contributed by atoms with Crippen LogP contribution in [0.15, 0.2) is 41.3 Å². The third kappa shape index (κ3) is 4.28. The maximum absolute atomic E-state index is 12.2. The van der Waals surface area contributed by atoms with E-state index in [0.29, 0.717) is 12.2 Å². The second kappa shape index (κ2) is 7.08. The van der Waals surface area contributed by atoms with Crippen LogP contribution in [0.4, 0.5) is 0 Å². The van der Waals surface area contributed by atoms with Crippen molar-refractivity contribution in [2.45, 2.75) is 18.4 Å². The van der Waals surface area contributed by atoms with Crippen LogP contribution in [0.3, 0.4) is 0 Å². The Morgan fingerprint density at radius 2 is 1.83 bits per heavy atom. The number of ether oxygens (including phenoxy) is 1. The second-order valence-electron chi connectivity index (χ2n) is 4.67. The summed E-state index contributed by atoms with van der Waals surface area (Å²) in [5, 5.41) is 19.5. The first-order valence-electron chi connectivity index (χ1n) is 6.76. The van der Waals surface area contributed by atoms with E-state index in [0.717, 1.165) is 0 Å². The Kier molecular flexibility index (Phi) is 5.35. The van der Waals surface area contributed by atoms with Gasteiger partial charge < -0.3 is 14.9 Å². The topological polar surface area (TPSA) is 95.9 Å². The monoisotopic (exact) mass is 357 g/mol. The van der Waals surface area contributed by atoms with E-state index in [4.69, 9.17) is 16.3 Å². The van der Waals surface area contributed by atoms with Crippen molar-refractivity contribution in [1.82, 2.24) is 4.72 Å². The molecule has 0 spiro atoms. The van der Waals surface area contributed by atoms with Gasteiger partial charge in [0.2, 0.25) is 10.0 Å². The van der Waals surface area contributed by atoms with Gasteiger partial charge in [0.25, 0.3) is 0 Å². The van der Waals surface area contributed by atoms with Gasteiger partial charge in [-0.15, -0.1) is 0 Å². The van der Waals surface area contributed by atoms with Gasteiger partial charge >= 0.3 is 0 Å². The van der Waals surface area contributed by atoms with Gasteiger partial charge in [-0.3, -0.25) is 0 Å². The molecule has 3 N–H and O–H groups in total. The third-order valence-electron chi connectivity index (χ3n) is 3.00. The average Bonchev–Trinajstić information content (AvgIpc) is 2.50. The van der Waals surface area contributed by atoms with Crippen molar-refractivity contribution >= 4 is 21.6 Å². The molecule has 0 aromatic heterocycles. The van der Waals surface area contributed by atoms with Crippen LogP contribution < -0.4 is 9.46 Å². The standard InChI is InChI=1S/C15H16ClNO5S/c1-2-22-14-7-10(3-5-12(14)18)9-17-23(20,21)15-8-11(16)4-6-13(15)19/h3-8,17-19H,2,9H2,1H3. The van der Waals surface area contributed by atoms with Crippen LogP contribution in [0.2, 0.25) is 5.02 Å². The van der Waals surface area contributed by atoms with Crippen molar-refractivity contribution < 1.29 is 23.4 Å². The lowest BCUT2D eigenvalue weighted by Gasteiger charge is -2.11. The average molecular weight is 358 g/mol. The van der Waals surface area contributed by atoms with Crippen molar-refractivity contribution in [2.75, 3.05) is 6.61 Å². The molecular formula is C15H16ClNO5S. The number of hydrogen-bond acceptors (Lipinski definition) is 5. The van der Waals surface area contributed by atoms with Crippen molar-refractivity contribution in [2.24, 2.45) is 0 Å². The van der Waals surface area contributed by atoms with Gasteiger partial charge in [-0.2, -0.15) is 0 Å². The molecule has 0 saturated heterocycles. The molecule has 2 aromatic carbocycles. The van der Waals surface area contributed by atoms with Gasteiger partial charge in [0, 0.05) is 11.6 Å². The van der Waals surface area contributed by atoms with E-state index in [1.54, 1.807) is 19.1 Å². The minimum absolute atomic E-state index is 0.0223. The van der Waals surface area contributed by atoms with E-state index in [-0.39, 0.29) is 33.7 Å². The lowest BCUT2D eigenvalue weighted by Crippen LogP contribution is -2.23. The first-order valence-corrected chi connectivity index (χ1v) is 8.62. The van der Waals surface area contributed by atoms with Gasteiger partial charge in [0.15, 0.2) is 11.5 Å². The molecule has 0 aliphatic heterocycles. The quantitative estimate of drug-likeness (QED) is 0.738. The highest BCUT2D eigenvalue weighted by Crippen LogP contribution is 2.28. The Morgan fingerprint density at radius 3 is 2.52 bits per heavy atom. The summed E-state index contributed by atoms with van der Waals surface area (Å²) in [7, 11) is -3.93. The lowest BCUT2D eigenvalue weighted by atomic mass is 10.2. The normalized spacial score (nSPS) is 11.4. The summed E-state index contributed by atoms with van der Waals surface area (Å²) in [5.74, 6) is -0.136. The van der Waals surface area contributed by atoms with Crippen molar-refractivity contribution in [1.29, 1.82) is 0 Å². The van der Waals surface area contributed by atoms with Crippen LogP contribution >= 0.6 is 11.6 Å². The number of rotatable bonds is 6. The Hall–Kier alpha value is -1.96. The molecule has 0 heterocycles. The van der Waals surface area contributed by atoms with E-state index < -0.39 is 10.0 Å². The van der Waals surface area contributed by atoms with E-state index >= 15 is 0 Å². The molecule has 8 heteroatoms. The summed E-state index contributed by atoms with van der Waals surface area (Å²) >= 11 is 5.77. The molecule has 2 aromatic rings. The molecule has 2 rings (SSSR count). The fourth-order valence-electron chi connectivity index (χ4n) is 1.90. The summed E-state index contributed by atoms with van der Waals surface area (Å²) in [6.07, 6.45) is 0. The van der Waals surface area contributed by atoms with Crippen molar-refractivity contribution in [3.63, 3.8) is 0 Å². The maximum Gasteiger partial charge on any atom is 0.244 e. The fraction of sp³-hybridized carbons (Fsp3) is 0.200. The Labute approximate surface area is 139 Å². The van der Waals surface area contributed by atoms with E-state index in [1.807, 2.05) is 0 Å². The minimum atomic E-state index is -3.93. The molecule has 0 amide bonds. The summed E-state index contributed by atoms with van der Waals surface area (Å²) in [6, 6.07) is 8.30. The number of hydrogen-bond donors (Lipinski definition) is 3. The molecule has 124 valence electrons. The van der Waals surface area contributed by atoms with Gasteiger partial charge in [-0.1, -0.05) is 17.7 Å². The van der Waals surface area contributed by atoms with Crippen LogP contribution in [-0.2, 0) is 16.6 Å². The molecule has 0 saturated carbocycles. The highest BCUT2D eigenvalue weighted by Gasteiger charge is 2.19. The molecule has 0 atom stereocenters. The molecule has 6 nitrogen and oxygen atoms in total. The SMILES string of the molecule is CCOc1cc(CNS(=O)(=O)c2cc(Cl)ccc2O)ccc1O. The Bertz CT molecular complexity index is 808. The Balaban J connectivity index is 2.19. The zero-order valence-corrected chi connectivity index (χ0v) is 13.9. The van der Waals surface area contributed by atoms with E-state index in [1.165, 1.54) is 24.3 Å². The summed E-state index contributed by atoms with van der Waals surface area (Å²) in [6.45, 7) is 2.12. The molecule has 0 unspecified atom stereocenters. The number of halogens is 1. The maximum atomic E-state index is 12.2. The minimum Gasteiger partial charge on any atom is -0.507 e. The number of phenolic OH excluding ortho intramolecular Hbond substituents is 2. The second-order valence-corrected chi connectivity index (χ2v) is 6.84. The first kappa shape index (κ1) is 17.4. The highest BCUT2D eigenvalue weighted by molar-refractivity contribution is 7.89. The van der Waals surface area contributed by atoms with Gasteiger partial charge in [-0.05, 0) is 42.8 Å². The summed E-state index contributed by atoms with van der Waals surface area (Å²) in [5.41, 5.74) is 0.594. The van der Waals surface area contributed by atoms with Gasteiger partial charge in [-0.25, -0.2) is 13.1 Å². The molecular weight excluding hydrogens is 342 g/mol. The molecule has 0 fully saturated rings. The highest BCUT2D eigenvalue weighted by atomic mass is 35.5. The zero-order chi connectivity index (χ0) is 17.0. The van der Waals surface area contributed by atoms with Gasteiger partial charge in [0.1, 0.15) is 10.6 Å². The van der Waals surface area contributed by atoms with Crippen molar-refractivity contribution in [3.8, 4) is 17.2 Å². The largest absolute Gasteiger partial charge is 0.507 e. The summed E-state index contributed by atoms with van der Waals surface area (Å²) in [4.78, 5) is -0.297. The first-order chi connectivity index (χ1) is 10.8. The number of aromatic hydroxyl groups is 2. The van der Waals surface area contributed by atoms with Crippen LogP contribution in [0, 0.1) is 0 Å². The number of phenols is 2. The molecule has 0 bridgehead atoms. The molecule has 0 aliphatic rings. The molecule has 23 heavy (non-hydrogen) atoms. The van der Waals surface area contributed by atoms with E-state index in [2.05, 4.69) is 4.72 Å².